The van der Waals surface area contributed by atoms with Gasteiger partial charge in [-0.15, -0.1) is 0 Å². The summed E-state index contributed by atoms with van der Waals surface area (Å²) in [5.74, 6) is 4.27. The molecule has 0 spiro atoms. The third-order valence-electron chi connectivity index (χ3n) is 7.57. The highest BCUT2D eigenvalue weighted by Gasteiger charge is 2.42. The Kier molecular flexibility index (Phi) is 13.2. The van der Waals surface area contributed by atoms with E-state index < -0.39 is 0 Å². The molecule has 0 nitrogen and oxygen atoms in total. The van der Waals surface area contributed by atoms with Crippen molar-refractivity contribution in [1.29, 1.82) is 0 Å². The van der Waals surface area contributed by atoms with E-state index in [1.807, 2.05) is 0 Å². The fraction of sp³-hybridized carbons (Fsp3) is 1.00. The van der Waals surface area contributed by atoms with Crippen molar-refractivity contribution in [2.45, 2.75) is 127 Å². The largest absolute Gasteiger partial charge is 0.0654 e. The summed E-state index contributed by atoms with van der Waals surface area (Å²) in [6.07, 6.45) is 13.9. The summed E-state index contributed by atoms with van der Waals surface area (Å²) in [6.45, 7) is 22.3. The van der Waals surface area contributed by atoms with Crippen molar-refractivity contribution < 1.29 is 0 Å². The van der Waals surface area contributed by atoms with E-state index in [9.17, 15) is 0 Å². The van der Waals surface area contributed by atoms with Crippen LogP contribution in [0.4, 0.5) is 0 Å². The molecule has 0 aliphatic heterocycles. The summed E-state index contributed by atoms with van der Waals surface area (Å²) in [4.78, 5) is 0. The van der Waals surface area contributed by atoms with E-state index in [2.05, 4.69) is 62.3 Å². The van der Waals surface area contributed by atoms with Crippen LogP contribution in [0.1, 0.15) is 127 Å². The Morgan fingerprint density at radius 3 is 1.72 bits per heavy atom. The van der Waals surface area contributed by atoms with Crippen LogP contribution in [0, 0.1) is 35.0 Å². The van der Waals surface area contributed by atoms with Crippen LogP contribution >= 0.6 is 0 Å². The third kappa shape index (κ3) is 7.64. The maximum atomic E-state index is 2.64. The topological polar surface area (TPSA) is 0 Å². The Labute approximate surface area is 161 Å². The summed E-state index contributed by atoms with van der Waals surface area (Å²) in [6, 6.07) is 0. The van der Waals surface area contributed by atoms with Crippen molar-refractivity contribution in [3.63, 3.8) is 0 Å². The van der Waals surface area contributed by atoms with Crippen LogP contribution in [0.5, 0.6) is 0 Å². The Balaban J connectivity index is 5.29. The molecule has 0 aromatic carbocycles. The molecule has 0 fully saturated rings. The molecule has 0 radical (unpaired) electrons. The maximum absolute atomic E-state index is 2.64. The van der Waals surface area contributed by atoms with E-state index >= 15 is 0 Å². The first kappa shape index (κ1) is 25.0. The van der Waals surface area contributed by atoms with Gasteiger partial charge in [0.1, 0.15) is 0 Å². The minimum Gasteiger partial charge on any atom is -0.0654 e. The molecule has 5 atom stereocenters. The first-order valence-electron chi connectivity index (χ1n) is 11.8. The molecule has 5 unspecified atom stereocenters. The van der Waals surface area contributed by atoms with Crippen LogP contribution < -0.4 is 0 Å². The van der Waals surface area contributed by atoms with Gasteiger partial charge in [-0.05, 0) is 41.4 Å². The molecule has 0 heteroatoms. The van der Waals surface area contributed by atoms with Crippen molar-refractivity contribution in [2.75, 3.05) is 0 Å². The quantitative estimate of drug-likeness (QED) is 0.258. The minimum absolute atomic E-state index is 0.490. The molecule has 152 valence electrons. The molecule has 0 aromatic heterocycles. The second-order valence-corrected chi connectivity index (χ2v) is 9.57. The lowest BCUT2D eigenvalue weighted by Crippen LogP contribution is -2.41. The molecule has 0 aliphatic carbocycles. The van der Waals surface area contributed by atoms with Crippen LogP contribution in [0.2, 0.25) is 0 Å². The summed E-state index contributed by atoms with van der Waals surface area (Å²) in [5, 5.41) is 0. The van der Waals surface area contributed by atoms with Crippen LogP contribution in [-0.2, 0) is 0 Å². The van der Waals surface area contributed by atoms with Gasteiger partial charge in [0.25, 0.3) is 0 Å². The van der Waals surface area contributed by atoms with E-state index in [-0.39, 0.29) is 0 Å². The molecule has 0 heterocycles. The second kappa shape index (κ2) is 13.2. The Morgan fingerprint density at radius 1 is 0.680 bits per heavy atom. The highest BCUT2D eigenvalue weighted by Crippen LogP contribution is 2.50. The van der Waals surface area contributed by atoms with Crippen molar-refractivity contribution in [3.8, 4) is 0 Å². The third-order valence-corrected chi connectivity index (χ3v) is 7.57. The zero-order valence-electron chi connectivity index (χ0n) is 19.5. The van der Waals surface area contributed by atoms with E-state index in [1.54, 1.807) is 0 Å². The maximum Gasteiger partial charge on any atom is -0.0269 e. The standard InChI is InChI=1S/C25H52/c1-10-14-15-16-19-21(7)24(18-12-3)25(9,13-4)22(8)23(17-11-2)20(5)6/h20-24H,10-19H2,1-9H3. The normalized spacial score (nSPS) is 19.4. The van der Waals surface area contributed by atoms with Crippen LogP contribution in [0.3, 0.4) is 0 Å². The molecule has 0 amide bonds. The first-order chi connectivity index (χ1) is 11.8. The predicted molar refractivity (Wildman–Crippen MR) is 117 cm³/mol. The molecular weight excluding hydrogens is 300 g/mol. The van der Waals surface area contributed by atoms with Gasteiger partial charge < -0.3 is 0 Å². The Morgan fingerprint density at radius 2 is 1.28 bits per heavy atom. The van der Waals surface area contributed by atoms with Crippen LogP contribution in [-0.4, -0.2) is 0 Å². The number of hydrogen-bond acceptors (Lipinski definition) is 0. The van der Waals surface area contributed by atoms with Gasteiger partial charge in [0, 0.05) is 0 Å². The van der Waals surface area contributed by atoms with Gasteiger partial charge in [0.2, 0.25) is 0 Å². The predicted octanol–water partition coefficient (Wildman–Crippen LogP) is 9.13. The van der Waals surface area contributed by atoms with Crippen molar-refractivity contribution in [3.05, 3.63) is 0 Å². The fourth-order valence-corrected chi connectivity index (χ4v) is 5.57. The lowest BCUT2D eigenvalue weighted by Gasteiger charge is -2.49. The average Bonchev–Trinajstić information content (AvgIpc) is 2.59. The molecule has 0 bridgehead atoms. The smallest absolute Gasteiger partial charge is 0.0269 e. The monoisotopic (exact) mass is 352 g/mol. The molecule has 0 N–H and O–H groups in total. The molecule has 25 heavy (non-hydrogen) atoms. The number of unbranched alkanes of at least 4 members (excludes halogenated alkanes) is 3. The lowest BCUT2D eigenvalue weighted by atomic mass is 9.56. The van der Waals surface area contributed by atoms with E-state index in [0.717, 1.165) is 29.6 Å². The van der Waals surface area contributed by atoms with Crippen molar-refractivity contribution in [2.24, 2.45) is 35.0 Å². The second-order valence-electron chi connectivity index (χ2n) is 9.57. The van der Waals surface area contributed by atoms with Crippen LogP contribution in [0.15, 0.2) is 0 Å². The Bertz CT molecular complexity index is 305. The molecule has 0 aromatic rings. The van der Waals surface area contributed by atoms with Gasteiger partial charge in [-0.3, -0.25) is 0 Å². The molecule has 0 saturated carbocycles. The van der Waals surface area contributed by atoms with Gasteiger partial charge >= 0.3 is 0 Å². The highest BCUT2D eigenvalue weighted by atomic mass is 14.5. The summed E-state index contributed by atoms with van der Waals surface area (Å²) in [5.41, 5.74) is 0.490. The van der Waals surface area contributed by atoms with Crippen molar-refractivity contribution in [1.82, 2.24) is 0 Å². The molecular formula is C25H52. The van der Waals surface area contributed by atoms with Gasteiger partial charge in [0.15, 0.2) is 0 Å². The van der Waals surface area contributed by atoms with Gasteiger partial charge in [0.05, 0.1) is 0 Å². The van der Waals surface area contributed by atoms with E-state index in [1.165, 1.54) is 64.2 Å². The lowest BCUT2D eigenvalue weighted by molar-refractivity contribution is 0.00165. The number of hydrogen-bond donors (Lipinski definition) is 0. The van der Waals surface area contributed by atoms with E-state index in [4.69, 9.17) is 0 Å². The fourth-order valence-electron chi connectivity index (χ4n) is 5.57. The minimum atomic E-state index is 0.490. The van der Waals surface area contributed by atoms with Gasteiger partial charge in [-0.2, -0.15) is 0 Å². The Hall–Kier alpha value is 0. The summed E-state index contributed by atoms with van der Waals surface area (Å²) >= 11 is 0. The van der Waals surface area contributed by atoms with Gasteiger partial charge in [-0.1, -0.05) is 120 Å². The van der Waals surface area contributed by atoms with Crippen LogP contribution in [0.25, 0.3) is 0 Å². The zero-order valence-corrected chi connectivity index (χ0v) is 19.5. The molecule has 0 aliphatic rings. The molecule has 0 rings (SSSR count). The van der Waals surface area contributed by atoms with E-state index in [0.29, 0.717) is 5.41 Å². The SMILES string of the molecule is CCCCCCC(C)C(CCC)C(C)(CC)C(C)C(CCC)C(C)C. The zero-order chi connectivity index (χ0) is 19.5. The van der Waals surface area contributed by atoms with Crippen molar-refractivity contribution >= 4 is 0 Å². The highest BCUT2D eigenvalue weighted by molar-refractivity contribution is 4.91. The number of rotatable bonds is 15. The summed E-state index contributed by atoms with van der Waals surface area (Å²) in [7, 11) is 0. The molecule has 0 saturated heterocycles. The average molecular weight is 353 g/mol. The first-order valence-corrected chi connectivity index (χ1v) is 11.8. The van der Waals surface area contributed by atoms with Gasteiger partial charge in [-0.25, -0.2) is 0 Å². The summed E-state index contributed by atoms with van der Waals surface area (Å²) < 4.78 is 0.